The summed E-state index contributed by atoms with van der Waals surface area (Å²) in [5, 5.41) is 8.38. The largest absolute Gasteiger partial charge is 0.228 e. The molecule has 0 amide bonds. The topological polar surface area (TPSA) is 25.8 Å². The molecule has 0 atom stereocenters. The highest BCUT2D eigenvalue weighted by atomic mass is 32.1. The van der Waals surface area contributed by atoms with E-state index in [-0.39, 0.29) is 0 Å². The first-order valence-corrected chi connectivity index (χ1v) is 16.0. The Balaban J connectivity index is 1.38. The average molecular weight is 591 g/mol. The van der Waals surface area contributed by atoms with Crippen LogP contribution in [-0.4, -0.2) is 9.97 Å². The van der Waals surface area contributed by atoms with E-state index in [9.17, 15) is 0 Å². The van der Waals surface area contributed by atoms with E-state index in [0.29, 0.717) is 0 Å². The minimum atomic E-state index is 0.736. The lowest BCUT2D eigenvalue weighted by Gasteiger charge is -2.16. The molecular formula is C42H26N2S. The molecule has 9 rings (SSSR count). The summed E-state index contributed by atoms with van der Waals surface area (Å²) in [7, 11) is 0. The molecule has 7 aromatic carbocycles. The van der Waals surface area contributed by atoms with Crippen LogP contribution in [0.3, 0.4) is 0 Å². The van der Waals surface area contributed by atoms with Crippen LogP contribution >= 0.6 is 11.3 Å². The number of rotatable bonds is 4. The predicted octanol–water partition coefficient (Wildman–Crippen LogP) is 11.8. The van der Waals surface area contributed by atoms with Crippen molar-refractivity contribution in [2.45, 2.75) is 0 Å². The van der Waals surface area contributed by atoms with Gasteiger partial charge in [0.1, 0.15) is 0 Å². The lowest BCUT2D eigenvalue weighted by Crippen LogP contribution is -1.98. The Labute approximate surface area is 264 Å². The Morgan fingerprint density at radius 2 is 1.07 bits per heavy atom. The summed E-state index contributed by atoms with van der Waals surface area (Å²) in [4.78, 5) is 11.9. The highest BCUT2D eigenvalue weighted by Gasteiger charge is 2.19. The van der Waals surface area contributed by atoms with Crippen LogP contribution in [0.1, 0.15) is 0 Å². The summed E-state index contributed by atoms with van der Waals surface area (Å²) in [6, 6.07) is 56.1. The Bertz CT molecular complexity index is 2510. The van der Waals surface area contributed by atoms with E-state index < -0.39 is 0 Å². The highest BCUT2D eigenvalue weighted by Crippen LogP contribution is 2.42. The van der Waals surface area contributed by atoms with Crippen molar-refractivity contribution >= 4 is 53.7 Å². The number of benzene rings is 7. The van der Waals surface area contributed by atoms with E-state index in [1.807, 2.05) is 0 Å². The maximum atomic E-state index is 5.41. The molecule has 0 unspecified atom stereocenters. The van der Waals surface area contributed by atoms with E-state index in [4.69, 9.17) is 9.97 Å². The van der Waals surface area contributed by atoms with Crippen molar-refractivity contribution in [3.05, 3.63) is 158 Å². The molecule has 45 heavy (non-hydrogen) atoms. The van der Waals surface area contributed by atoms with Crippen LogP contribution < -0.4 is 0 Å². The van der Waals surface area contributed by atoms with Gasteiger partial charge in [-0.2, -0.15) is 0 Å². The Kier molecular flexibility index (Phi) is 6.03. The molecule has 0 saturated heterocycles. The van der Waals surface area contributed by atoms with Crippen molar-refractivity contribution < 1.29 is 0 Å². The van der Waals surface area contributed by atoms with E-state index in [1.54, 1.807) is 11.3 Å². The molecule has 210 valence electrons. The van der Waals surface area contributed by atoms with Gasteiger partial charge in [-0.25, -0.2) is 9.97 Å². The molecule has 0 N–H and O–H groups in total. The van der Waals surface area contributed by atoms with E-state index in [1.165, 1.54) is 37.2 Å². The van der Waals surface area contributed by atoms with Crippen LogP contribution in [-0.2, 0) is 0 Å². The quantitative estimate of drug-likeness (QED) is 0.150. The molecular weight excluding hydrogens is 565 g/mol. The van der Waals surface area contributed by atoms with Crippen LogP contribution in [0.15, 0.2) is 158 Å². The number of thiophene rings is 1. The fraction of sp³-hybridized carbons (Fsp3) is 0. The van der Waals surface area contributed by atoms with Crippen molar-refractivity contribution in [1.82, 2.24) is 9.97 Å². The van der Waals surface area contributed by atoms with Crippen LogP contribution in [0.25, 0.3) is 86.7 Å². The minimum Gasteiger partial charge on any atom is -0.228 e. The Morgan fingerprint density at radius 1 is 0.400 bits per heavy atom. The van der Waals surface area contributed by atoms with Gasteiger partial charge in [0, 0.05) is 15.8 Å². The molecule has 0 saturated carbocycles. The van der Waals surface area contributed by atoms with Crippen LogP contribution in [0.5, 0.6) is 0 Å². The molecule has 0 aliphatic carbocycles. The molecule has 0 fully saturated rings. The van der Waals surface area contributed by atoms with Crippen molar-refractivity contribution in [3.8, 4) is 44.3 Å². The lowest BCUT2D eigenvalue weighted by atomic mass is 9.92. The molecule has 9 aromatic rings. The van der Waals surface area contributed by atoms with E-state index in [2.05, 4.69) is 158 Å². The fourth-order valence-corrected chi connectivity index (χ4v) is 7.59. The maximum Gasteiger partial charge on any atom is 0.161 e. The summed E-state index contributed by atoms with van der Waals surface area (Å²) in [5.74, 6) is 0.736. The van der Waals surface area contributed by atoms with Gasteiger partial charge in [0.2, 0.25) is 0 Å². The van der Waals surface area contributed by atoms with Gasteiger partial charge in [-0.15, -0.1) is 11.3 Å². The number of aromatic nitrogens is 2. The molecule has 3 heteroatoms. The van der Waals surface area contributed by atoms with Crippen molar-refractivity contribution in [3.63, 3.8) is 0 Å². The summed E-state index contributed by atoms with van der Waals surface area (Å²) < 4.78 is 1.25. The number of nitrogens with zero attached hydrogens (tertiary/aromatic N) is 2. The first-order chi connectivity index (χ1) is 22.3. The zero-order chi connectivity index (χ0) is 29.7. The number of fused-ring (bicyclic) bond motifs is 5. The molecule has 2 nitrogen and oxygen atoms in total. The van der Waals surface area contributed by atoms with Crippen LogP contribution in [0.4, 0.5) is 0 Å². The number of hydrogen-bond acceptors (Lipinski definition) is 3. The smallest absolute Gasteiger partial charge is 0.161 e. The fourth-order valence-electron chi connectivity index (χ4n) is 6.57. The third kappa shape index (κ3) is 4.40. The van der Waals surface area contributed by atoms with Crippen molar-refractivity contribution in [2.75, 3.05) is 0 Å². The third-order valence-electron chi connectivity index (χ3n) is 8.69. The Morgan fingerprint density at radius 3 is 1.91 bits per heavy atom. The minimum absolute atomic E-state index is 0.736. The second-order valence-electron chi connectivity index (χ2n) is 11.4. The van der Waals surface area contributed by atoms with Gasteiger partial charge < -0.3 is 0 Å². The molecule has 0 bridgehead atoms. The first kappa shape index (κ1) is 25.8. The SMILES string of the molecule is c1ccc(-c2ccccc2-c2cc(-c3cc4ccccc4s3)nc(-c3c4ccccc4cc4c3ccc3ccccc34)n2)cc1. The molecule has 0 radical (unpaired) electrons. The second kappa shape index (κ2) is 10.5. The Hall–Kier alpha value is -5.64. The zero-order valence-electron chi connectivity index (χ0n) is 24.3. The zero-order valence-corrected chi connectivity index (χ0v) is 25.1. The average Bonchev–Trinajstić information content (AvgIpc) is 3.55. The molecule has 0 spiro atoms. The molecule has 2 heterocycles. The van der Waals surface area contributed by atoms with Crippen LogP contribution in [0.2, 0.25) is 0 Å². The predicted molar refractivity (Wildman–Crippen MR) is 192 cm³/mol. The van der Waals surface area contributed by atoms with Gasteiger partial charge >= 0.3 is 0 Å². The summed E-state index contributed by atoms with van der Waals surface area (Å²) >= 11 is 1.78. The molecule has 2 aromatic heterocycles. The van der Waals surface area contributed by atoms with Gasteiger partial charge in [0.15, 0.2) is 5.82 Å². The van der Waals surface area contributed by atoms with Gasteiger partial charge in [-0.3, -0.25) is 0 Å². The van der Waals surface area contributed by atoms with Gasteiger partial charge in [-0.05, 0) is 73.1 Å². The van der Waals surface area contributed by atoms with Crippen LogP contribution in [0, 0.1) is 0 Å². The standard InChI is InChI=1S/C42H26N2S/c1-2-12-27(13-3-1)31-17-9-10-20-34(31)37-26-38(40-25-30-16-6-11-21-39(30)45-40)44-42(43-37)41-33-19-8-5-15-29(33)24-36-32-18-7-4-14-28(32)22-23-35(36)41/h1-26H. The number of hydrogen-bond donors (Lipinski definition) is 0. The summed E-state index contributed by atoms with van der Waals surface area (Å²) in [5.41, 5.74) is 6.31. The molecule has 0 aliphatic heterocycles. The normalized spacial score (nSPS) is 11.6. The lowest BCUT2D eigenvalue weighted by molar-refractivity contribution is 1.20. The van der Waals surface area contributed by atoms with Gasteiger partial charge in [-0.1, -0.05) is 133 Å². The molecule has 0 aliphatic rings. The second-order valence-corrected chi connectivity index (χ2v) is 12.5. The van der Waals surface area contributed by atoms with Crippen molar-refractivity contribution in [1.29, 1.82) is 0 Å². The third-order valence-corrected chi connectivity index (χ3v) is 9.82. The van der Waals surface area contributed by atoms with Gasteiger partial charge in [0.25, 0.3) is 0 Å². The maximum absolute atomic E-state index is 5.41. The highest BCUT2D eigenvalue weighted by molar-refractivity contribution is 7.22. The summed E-state index contributed by atoms with van der Waals surface area (Å²) in [6.07, 6.45) is 0. The van der Waals surface area contributed by atoms with Crippen molar-refractivity contribution in [2.24, 2.45) is 0 Å². The monoisotopic (exact) mass is 590 g/mol. The van der Waals surface area contributed by atoms with Gasteiger partial charge in [0.05, 0.1) is 16.3 Å². The van der Waals surface area contributed by atoms with E-state index >= 15 is 0 Å². The summed E-state index contributed by atoms with van der Waals surface area (Å²) in [6.45, 7) is 0. The van der Waals surface area contributed by atoms with E-state index in [0.717, 1.165) is 49.6 Å². The first-order valence-electron chi connectivity index (χ1n) is 15.2.